The molecule has 0 fully saturated rings. The molecule has 2 heterocycles. The molecule has 78 valence electrons. The van der Waals surface area contributed by atoms with Gasteiger partial charge in [0, 0.05) is 29.1 Å². The van der Waals surface area contributed by atoms with Crippen molar-refractivity contribution in [3.63, 3.8) is 0 Å². The van der Waals surface area contributed by atoms with Crippen molar-refractivity contribution < 1.29 is 0 Å². The van der Waals surface area contributed by atoms with E-state index >= 15 is 0 Å². The Balaban J connectivity index is 2.29. The summed E-state index contributed by atoms with van der Waals surface area (Å²) in [7, 11) is 0. The second-order valence-electron chi connectivity index (χ2n) is 4.62. The fourth-order valence-electron chi connectivity index (χ4n) is 2.89. The van der Waals surface area contributed by atoms with E-state index in [2.05, 4.69) is 42.7 Å². The first kappa shape index (κ1) is 9.02. The van der Waals surface area contributed by atoms with E-state index < -0.39 is 0 Å². The second-order valence-corrected chi connectivity index (χ2v) is 4.62. The maximum absolute atomic E-state index is 2.51. The van der Waals surface area contributed by atoms with E-state index in [0.29, 0.717) is 0 Å². The molecule has 0 aliphatic carbocycles. The summed E-state index contributed by atoms with van der Waals surface area (Å²) in [5.74, 6) is 0.789. The van der Waals surface area contributed by atoms with Gasteiger partial charge in [0.1, 0.15) is 0 Å². The van der Waals surface area contributed by atoms with Crippen molar-refractivity contribution in [3.8, 4) is 0 Å². The van der Waals surface area contributed by atoms with Crippen LogP contribution in [0.1, 0.15) is 36.9 Å². The normalized spacial score (nSPS) is 19.7. The van der Waals surface area contributed by atoms with Gasteiger partial charge < -0.3 is 4.57 Å². The Bertz CT molecular complexity index is 507. The lowest BCUT2D eigenvalue weighted by molar-refractivity contribution is 0.646. The molecule has 1 aliphatic heterocycles. The van der Waals surface area contributed by atoms with Crippen LogP contribution >= 0.6 is 0 Å². The van der Waals surface area contributed by atoms with Gasteiger partial charge in [0.25, 0.3) is 0 Å². The van der Waals surface area contributed by atoms with Crippen LogP contribution in [0.15, 0.2) is 24.3 Å². The molecule has 1 aliphatic rings. The van der Waals surface area contributed by atoms with Crippen LogP contribution in [0.5, 0.6) is 0 Å². The second kappa shape index (κ2) is 3.13. The molecule has 1 aromatic heterocycles. The number of fused-ring (bicyclic) bond motifs is 3. The number of aryl methyl sites for hydroxylation is 2. The third kappa shape index (κ3) is 1.16. The Morgan fingerprint density at radius 3 is 3.07 bits per heavy atom. The Morgan fingerprint density at radius 2 is 2.27 bits per heavy atom. The zero-order valence-electron chi connectivity index (χ0n) is 9.46. The van der Waals surface area contributed by atoms with E-state index in [0.717, 1.165) is 5.92 Å². The Labute approximate surface area is 90.7 Å². The largest absolute Gasteiger partial charge is 0.344 e. The van der Waals surface area contributed by atoms with Gasteiger partial charge in [0.05, 0.1) is 0 Å². The molecule has 0 saturated heterocycles. The van der Waals surface area contributed by atoms with Crippen molar-refractivity contribution in [1.82, 2.24) is 4.57 Å². The molecule has 1 heteroatoms. The van der Waals surface area contributed by atoms with Crippen LogP contribution in [0.2, 0.25) is 0 Å². The predicted octanol–water partition coefficient (Wildman–Crippen LogP) is 3.85. The third-order valence-electron chi connectivity index (χ3n) is 3.81. The molecule has 0 spiro atoms. The number of aromatic nitrogens is 1. The molecule has 1 aromatic carbocycles. The van der Waals surface area contributed by atoms with Gasteiger partial charge in [-0.2, -0.15) is 0 Å². The van der Waals surface area contributed by atoms with Crippen LogP contribution in [0.3, 0.4) is 0 Å². The summed E-state index contributed by atoms with van der Waals surface area (Å²) in [4.78, 5) is 0. The van der Waals surface area contributed by atoms with E-state index in [1.165, 1.54) is 35.9 Å². The summed E-state index contributed by atoms with van der Waals surface area (Å²) >= 11 is 0. The molecule has 0 N–H and O–H groups in total. The van der Waals surface area contributed by atoms with Crippen LogP contribution in [0, 0.1) is 6.92 Å². The van der Waals surface area contributed by atoms with E-state index in [1.807, 2.05) is 0 Å². The molecule has 1 unspecified atom stereocenters. The van der Waals surface area contributed by atoms with Crippen LogP contribution in [-0.4, -0.2) is 4.57 Å². The van der Waals surface area contributed by atoms with Crippen molar-refractivity contribution >= 4 is 10.9 Å². The van der Waals surface area contributed by atoms with E-state index in [1.54, 1.807) is 5.69 Å². The lowest BCUT2D eigenvalue weighted by Gasteiger charge is -2.02. The monoisotopic (exact) mass is 199 g/mol. The van der Waals surface area contributed by atoms with Gasteiger partial charge in [-0.05, 0) is 37.5 Å². The highest BCUT2D eigenvalue weighted by Crippen LogP contribution is 2.36. The number of hydrogen-bond acceptors (Lipinski definition) is 0. The summed E-state index contributed by atoms with van der Waals surface area (Å²) in [5.41, 5.74) is 4.40. The standard InChI is InChI=1S/C14H17N/c1-3-11-7-8-15-13-6-4-5-10(2)12(13)9-14(11)15/h4-6,9,11H,3,7-8H2,1-2H3. The van der Waals surface area contributed by atoms with Crippen molar-refractivity contribution in [1.29, 1.82) is 0 Å². The Kier molecular flexibility index (Phi) is 1.88. The summed E-state index contributed by atoms with van der Waals surface area (Å²) < 4.78 is 2.51. The van der Waals surface area contributed by atoms with E-state index in [9.17, 15) is 0 Å². The number of rotatable bonds is 1. The van der Waals surface area contributed by atoms with Crippen molar-refractivity contribution in [2.24, 2.45) is 0 Å². The molecule has 2 aromatic rings. The van der Waals surface area contributed by atoms with Gasteiger partial charge in [-0.3, -0.25) is 0 Å². The lowest BCUT2D eigenvalue weighted by atomic mass is 10.0. The smallest absolute Gasteiger partial charge is 0.0485 e. The quantitative estimate of drug-likeness (QED) is 0.657. The Hall–Kier alpha value is -1.24. The summed E-state index contributed by atoms with van der Waals surface area (Å²) in [5, 5.41) is 1.45. The molecular weight excluding hydrogens is 182 g/mol. The molecule has 0 radical (unpaired) electrons. The minimum absolute atomic E-state index is 0.789. The minimum atomic E-state index is 0.789. The first-order valence-corrected chi connectivity index (χ1v) is 5.90. The summed E-state index contributed by atoms with van der Waals surface area (Å²) in [6.45, 7) is 5.71. The average Bonchev–Trinajstić information content (AvgIpc) is 2.77. The van der Waals surface area contributed by atoms with Gasteiger partial charge in [0.2, 0.25) is 0 Å². The van der Waals surface area contributed by atoms with Crippen LogP contribution < -0.4 is 0 Å². The molecule has 1 atom stereocenters. The van der Waals surface area contributed by atoms with Crippen molar-refractivity contribution in [2.45, 2.75) is 39.2 Å². The number of hydrogen-bond donors (Lipinski definition) is 0. The van der Waals surface area contributed by atoms with Gasteiger partial charge in [-0.15, -0.1) is 0 Å². The Morgan fingerprint density at radius 1 is 1.40 bits per heavy atom. The molecule has 0 amide bonds. The molecular formula is C14H17N. The zero-order valence-corrected chi connectivity index (χ0v) is 9.46. The highest BCUT2D eigenvalue weighted by atomic mass is 15.0. The first-order valence-electron chi connectivity index (χ1n) is 5.90. The molecule has 15 heavy (non-hydrogen) atoms. The SMILES string of the molecule is CCC1CCn2c1cc1c(C)cccc12. The van der Waals surface area contributed by atoms with Gasteiger partial charge in [-0.1, -0.05) is 19.1 Å². The predicted molar refractivity (Wildman–Crippen MR) is 64.3 cm³/mol. The lowest BCUT2D eigenvalue weighted by Crippen LogP contribution is -1.91. The van der Waals surface area contributed by atoms with Crippen LogP contribution in [-0.2, 0) is 6.54 Å². The van der Waals surface area contributed by atoms with E-state index in [4.69, 9.17) is 0 Å². The van der Waals surface area contributed by atoms with Crippen molar-refractivity contribution in [3.05, 3.63) is 35.5 Å². The molecule has 0 bridgehead atoms. The van der Waals surface area contributed by atoms with Crippen molar-refractivity contribution in [2.75, 3.05) is 0 Å². The van der Waals surface area contributed by atoms with E-state index in [-0.39, 0.29) is 0 Å². The topological polar surface area (TPSA) is 4.93 Å². The third-order valence-corrected chi connectivity index (χ3v) is 3.81. The molecule has 0 saturated carbocycles. The van der Waals surface area contributed by atoms with Crippen LogP contribution in [0.25, 0.3) is 10.9 Å². The average molecular weight is 199 g/mol. The van der Waals surface area contributed by atoms with Gasteiger partial charge in [0.15, 0.2) is 0 Å². The number of benzene rings is 1. The van der Waals surface area contributed by atoms with Crippen LogP contribution in [0.4, 0.5) is 0 Å². The zero-order chi connectivity index (χ0) is 10.4. The fraction of sp³-hybridized carbons (Fsp3) is 0.429. The highest BCUT2D eigenvalue weighted by molar-refractivity contribution is 5.85. The van der Waals surface area contributed by atoms with Gasteiger partial charge >= 0.3 is 0 Å². The maximum Gasteiger partial charge on any atom is 0.0485 e. The fourth-order valence-corrected chi connectivity index (χ4v) is 2.89. The number of nitrogens with zero attached hydrogens (tertiary/aromatic N) is 1. The minimum Gasteiger partial charge on any atom is -0.344 e. The maximum atomic E-state index is 2.51. The summed E-state index contributed by atoms with van der Waals surface area (Å²) in [6.07, 6.45) is 2.60. The molecule has 1 nitrogen and oxygen atoms in total. The first-order chi connectivity index (χ1) is 7.31. The van der Waals surface area contributed by atoms with Gasteiger partial charge in [-0.25, -0.2) is 0 Å². The highest BCUT2D eigenvalue weighted by Gasteiger charge is 2.23. The summed E-state index contributed by atoms with van der Waals surface area (Å²) in [6, 6.07) is 9.04. The molecule has 3 rings (SSSR count).